The Labute approximate surface area is 181 Å². The molecule has 0 aromatic heterocycles. The number of rotatable bonds is 6. The van der Waals surface area contributed by atoms with Gasteiger partial charge < -0.3 is 15.5 Å². The van der Waals surface area contributed by atoms with Crippen molar-refractivity contribution >= 4 is 35.8 Å². The first-order valence-corrected chi connectivity index (χ1v) is 10.4. The van der Waals surface area contributed by atoms with Crippen LogP contribution < -0.4 is 10.6 Å². The van der Waals surface area contributed by atoms with Crippen LogP contribution in [0.15, 0.2) is 4.99 Å². The molecule has 0 aromatic rings. The molecule has 3 rings (SSSR count). The quantitative estimate of drug-likeness (QED) is 0.329. The maximum atomic E-state index is 12.0. The molecule has 3 fully saturated rings. The predicted molar refractivity (Wildman–Crippen MR) is 121 cm³/mol. The minimum atomic E-state index is 0. The summed E-state index contributed by atoms with van der Waals surface area (Å²) in [6.45, 7) is 9.82. The number of carbonyl (C=O) groups is 1. The summed E-state index contributed by atoms with van der Waals surface area (Å²) in [5, 5.41) is 6.68. The number of guanidine groups is 1. The van der Waals surface area contributed by atoms with Crippen LogP contribution in [0.25, 0.3) is 0 Å². The van der Waals surface area contributed by atoms with E-state index in [0.29, 0.717) is 18.6 Å². The van der Waals surface area contributed by atoms with Crippen molar-refractivity contribution in [1.29, 1.82) is 0 Å². The molecule has 2 N–H and O–H groups in total. The lowest BCUT2D eigenvalue weighted by Crippen LogP contribution is -2.55. The topological polar surface area (TPSA) is 63.2 Å². The van der Waals surface area contributed by atoms with Crippen LogP contribution in [0, 0.1) is 0 Å². The Morgan fingerprint density at radius 3 is 2.44 bits per heavy atom. The maximum Gasteiger partial charge on any atom is 0.234 e. The number of halogens is 1. The Morgan fingerprint density at radius 1 is 1.07 bits per heavy atom. The van der Waals surface area contributed by atoms with E-state index in [-0.39, 0.29) is 29.9 Å². The van der Waals surface area contributed by atoms with Gasteiger partial charge in [-0.15, -0.1) is 24.0 Å². The van der Waals surface area contributed by atoms with Crippen LogP contribution in [0.3, 0.4) is 0 Å². The van der Waals surface area contributed by atoms with E-state index in [1.165, 1.54) is 25.8 Å². The molecule has 2 saturated heterocycles. The third kappa shape index (κ3) is 7.05. The molecule has 7 nitrogen and oxygen atoms in total. The number of amides is 1. The third-order valence-electron chi connectivity index (χ3n) is 5.84. The van der Waals surface area contributed by atoms with Crippen LogP contribution in [0.2, 0.25) is 0 Å². The van der Waals surface area contributed by atoms with Crippen molar-refractivity contribution in [3.05, 3.63) is 0 Å². The van der Waals surface area contributed by atoms with E-state index < -0.39 is 0 Å². The molecule has 0 spiro atoms. The minimum absolute atomic E-state index is 0. The molecule has 2 heterocycles. The lowest BCUT2D eigenvalue weighted by atomic mass is 10.0. The monoisotopic (exact) mass is 492 g/mol. The average Bonchev–Trinajstić information content (AvgIpc) is 3.47. The highest BCUT2D eigenvalue weighted by atomic mass is 127. The van der Waals surface area contributed by atoms with Gasteiger partial charge in [-0.3, -0.25) is 19.6 Å². The number of likely N-dealkylation sites (N-methyl/N-ethyl adjacent to an activating group) is 1. The molecule has 8 heteroatoms. The average molecular weight is 492 g/mol. The van der Waals surface area contributed by atoms with E-state index in [0.717, 1.165) is 58.1 Å². The normalized spacial score (nSPS) is 25.0. The highest BCUT2D eigenvalue weighted by Gasteiger charge is 2.26. The molecule has 1 unspecified atom stereocenters. The molecule has 0 aromatic carbocycles. The Kier molecular flexibility index (Phi) is 9.58. The molecule has 27 heavy (non-hydrogen) atoms. The smallest absolute Gasteiger partial charge is 0.234 e. The van der Waals surface area contributed by atoms with Crippen molar-refractivity contribution in [3.8, 4) is 0 Å². The summed E-state index contributed by atoms with van der Waals surface area (Å²) in [6, 6.07) is 1.08. The van der Waals surface area contributed by atoms with Gasteiger partial charge in [-0.05, 0) is 38.8 Å². The fourth-order valence-corrected chi connectivity index (χ4v) is 4.07. The summed E-state index contributed by atoms with van der Waals surface area (Å²) in [6.07, 6.45) is 6.25. The number of nitrogens with zero attached hydrogens (tertiary/aromatic N) is 4. The predicted octanol–water partition coefficient (Wildman–Crippen LogP) is 0.950. The van der Waals surface area contributed by atoms with Crippen LogP contribution in [0.1, 0.15) is 39.0 Å². The highest BCUT2D eigenvalue weighted by molar-refractivity contribution is 14.0. The van der Waals surface area contributed by atoms with E-state index in [1.54, 1.807) is 0 Å². The number of piperazine rings is 1. The molecule has 1 aliphatic carbocycles. The Hall–Kier alpha value is -0.610. The van der Waals surface area contributed by atoms with E-state index in [9.17, 15) is 4.79 Å². The summed E-state index contributed by atoms with van der Waals surface area (Å²) in [4.78, 5) is 23.6. The van der Waals surface area contributed by atoms with Crippen LogP contribution in [0.5, 0.6) is 0 Å². The number of aliphatic imine (C=N–C) groups is 1. The van der Waals surface area contributed by atoms with Gasteiger partial charge in [-0.2, -0.15) is 0 Å². The van der Waals surface area contributed by atoms with Crippen LogP contribution in [-0.2, 0) is 4.79 Å². The van der Waals surface area contributed by atoms with Gasteiger partial charge in [-0.25, -0.2) is 0 Å². The van der Waals surface area contributed by atoms with Crippen molar-refractivity contribution in [2.75, 3.05) is 59.4 Å². The molecule has 0 radical (unpaired) electrons. The first kappa shape index (κ1) is 22.7. The van der Waals surface area contributed by atoms with E-state index in [2.05, 4.69) is 37.2 Å². The highest BCUT2D eigenvalue weighted by Crippen LogP contribution is 2.18. The Morgan fingerprint density at radius 2 is 1.81 bits per heavy atom. The van der Waals surface area contributed by atoms with Crippen LogP contribution in [0.4, 0.5) is 0 Å². The zero-order valence-electron chi connectivity index (χ0n) is 17.0. The summed E-state index contributed by atoms with van der Waals surface area (Å²) in [5.41, 5.74) is 0. The van der Waals surface area contributed by atoms with E-state index in [1.807, 2.05) is 7.05 Å². The minimum Gasteiger partial charge on any atom is -0.355 e. The molecular weight excluding hydrogens is 455 g/mol. The molecule has 156 valence electrons. The third-order valence-corrected chi connectivity index (χ3v) is 5.84. The van der Waals surface area contributed by atoms with E-state index >= 15 is 0 Å². The lowest BCUT2D eigenvalue weighted by molar-refractivity contribution is -0.122. The SMILES string of the molecule is CCN1CCCCC1CNC(=NC)N1CCN(CC(=O)NC2CC2)CC1.I. The van der Waals surface area contributed by atoms with Crippen LogP contribution >= 0.6 is 24.0 Å². The van der Waals surface area contributed by atoms with Crippen molar-refractivity contribution in [2.24, 2.45) is 4.99 Å². The van der Waals surface area contributed by atoms with Crippen LogP contribution in [-0.4, -0.2) is 98.1 Å². The fraction of sp³-hybridized carbons (Fsp3) is 0.895. The standard InChI is InChI=1S/C19H36N6O.HI/c1-3-24-9-5-4-6-17(24)14-21-19(20-2)25-12-10-23(11-13-25)15-18(26)22-16-7-8-16;/h16-17H,3-15H2,1-2H3,(H,20,21)(H,22,26);1H. The summed E-state index contributed by atoms with van der Waals surface area (Å²) in [5.74, 6) is 1.19. The second kappa shape index (κ2) is 11.4. The molecule has 1 atom stereocenters. The Balaban J connectivity index is 0.00000261. The first-order valence-electron chi connectivity index (χ1n) is 10.4. The number of nitrogens with one attached hydrogen (secondary N) is 2. The molecule has 0 bridgehead atoms. The fourth-order valence-electron chi connectivity index (χ4n) is 4.07. The van der Waals surface area contributed by atoms with Gasteiger partial charge in [0.2, 0.25) is 5.91 Å². The van der Waals surface area contributed by atoms with Gasteiger partial charge in [-0.1, -0.05) is 13.3 Å². The number of carbonyl (C=O) groups excluding carboxylic acids is 1. The van der Waals surface area contributed by atoms with Gasteiger partial charge in [0.25, 0.3) is 0 Å². The van der Waals surface area contributed by atoms with Crippen molar-refractivity contribution < 1.29 is 4.79 Å². The molecule has 2 aliphatic heterocycles. The number of hydrogen-bond acceptors (Lipinski definition) is 4. The van der Waals surface area contributed by atoms with Gasteiger partial charge in [0.05, 0.1) is 6.54 Å². The lowest BCUT2D eigenvalue weighted by Gasteiger charge is -2.38. The summed E-state index contributed by atoms with van der Waals surface area (Å²) >= 11 is 0. The van der Waals surface area contributed by atoms with Gasteiger partial charge >= 0.3 is 0 Å². The number of piperidine rings is 1. The number of likely N-dealkylation sites (tertiary alicyclic amines) is 1. The Bertz CT molecular complexity index is 491. The van der Waals surface area contributed by atoms with Gasteiger partial charge in [0.1, 0.15) is 0 Å². The molecule has 1 saturated carbocycles. The maximum absolute atomic E-state index is 12.0. The van der Waals surface area contributed by atoms with Crippen molar-refractivity contribution in [2.45, 2.75) is 51.1 Å². The van der Waals surface area contributed by atoms with E-state index in [4.69, 9.17) is 0 Å². The summed E-state index contributed by atoms with van der Waals surface area (Å²) in [7, 11) is 1.87. The van der Waals surface area contributed by atoms with Gasteiger partial charge in [0.15, 0.2) is 5.96 Å². The second-order valence-electron chi connectivity index (χ2n) is 7.81. The largest absolute Gasteiger partial charge is 0.355 e. The first-order chi connectivity index (χ1) is 12.7. The van der Waals surface area contributed by atoms with Gasteiger partial charge in [0, 0.05) is 51.9 Å². The molecule has 1 amide bonds. The zero-order chi connectivity index (χ0) is 18.4. The zero-order valence-corrected chi connectivity index (χ0v) is 19.3. The summed E-state index contributed by atoms with van der Waals surface area (Å²) < 4.78 is 0. The number of hydrogen-bond donors (Lipinski definition) is 2. The van der Waals surface area contributed by atoms with Crippen molar-refractivity contribution in [3.63, 3.8) is 0 Å². The second-order valence-corrected chi connectivity index (χ2v) is 7.81. The molecule has 3 aliphatic rings. The van der Waals surface area contributed by atoms with Crippen molar-refractivity contribution in [1.82, 2.24) is 25.3 Å². The molecular formula is C19H37IN6O.